The topological polar surface area (TPSA) is 93.0 Å². The fourth-order valence-electron chi connectivity index (χ4n) is 4.75. The Bertz CT molecular complexity index is 1370. The molecular formula is C29H26N2O5. The van der Waals surface area contributed by atoms with Crippen LogP contribution in [-0.4, -0.2) is 29.3 Å². The van der Waals surface area contributed by atoms with Gasteiger partial charge >= 0.3 is 0 Å². The number of aromatic nitrogens is 1. The second kappa shape index (κ2) is 9.70. The highest BCUT2D eigenvalue weighted by atomic mass is 16.5. The van der Waals surface area contributed by atoms with Gasteiger partial charge in [0.25, 0.3) is 5.91 Å². The number of ketones is 1. The van der Waals surface area contributed by atoms with E-state index >= 15 is 0 Å². The number of rotatable bonds is 7. The molecule has 1 amide bonds. The van der Waals surface area contributed by atoms with Gasteiger partial charge in [0.1, 0.15) is 24.2 Å². The summed E-state index contributed by atoms with van der Waals surface area (Å²) in [6.07, 6.45) is 5.86. The molecule has 7 nitrogen and oxygen atoms in total. The molecule has 0 spiro atoms. The molecule has 182 valence electrons. The van der Waals surface area contributed by atoms with Crippen LogP contribution in [0.15, 0.2) is 85.2 Å². The molecule has 2 aromatic carbocycles. The molecule has 36 heavy (non-hydrogen) atoms. The van der Waals surface area contributed by atoms with Crippen LogP contribution in [0.4, 0.5) is 0 Å². The van der Waals surface area contributed by atoms with Gasteiger partial charge in [0.05, 0.1) is 12.6 Å². The Hall–Kier alpha value is -4.39. The summed E-state index contributed by atoms with van der Waals surface area (Å²) in [5.74, 6) is -0.651. The van der Waals surface area contributed by atoms with Crippen molar-refractivity contribution in [3.05, 3.63) is 107 Å². The van der Waals surface area contributed by atoms with E-state index in [1.54, 1.807) is 60.9 Å². The van der Waals surface area contributed by atoms with Crippen LogP contribution >= 0.6 is 0 Å². The summed E-state index contributed by atoms with van der Waals surface area (Å²) in [4.78, 5) is 31.0. The van der Waals surface area contributed by atoms with E-state index in [1.807, 2.05) is 19.1 Å². The van der Waals surface area contributed by atoms with Crippen molar-refractivity contribution < 1.29 is 29.2 Å². The lowest BCUT2D eigenvalue weighted by Crippen LogP contribution is -2.29. The predicted octanol–water partition coefficient (Wildman–Crippen LogP) is 2.81. The number of Topliss-reactive ketones (excluding diaryl/α,β-unsaturated/α-hetero) is 1. The predicted molar refractivity (Wildman–Crippen MR) is 131 cm³/mol. The first kappa shape index (κ1) is 23.4. The van der Waals surface area contributed by atoms with Crippen molar-refractivity contribution in [2.45, 2.75) is 32.0 Å². The molecule has 3 heterocycles. The summed E-state index contributed by atoms with van der Waals surface area (Å²) in [5, 5.41) is 13.8. The number of hydrogen-bond acceptors (Lipinski definition) is 5. The van der Waals surface area contributed by atoms with Gasteiger partial charge < -0.3 is 19.5 Å². The summed E-state index contributed by atoms with van der Waals surface area (Å²) in [6, 6.07) is 15.1. The van der Waals surface area contributed by atoms with Gasteiger partial charge in [0, 0.05) is 23.6 Å². The first-order valence-electron chi connectivity index (χ1n) is 11.8. The van der Waals surface area contributed by atoms with Crippen LogP contribution in [-0.2, 0) is 22.6 Å². The van der Waals surface area contributed by atoms with Crippen molar-refractivity contribution >= 4 is 17.4 Å². The van der Waals surface area contributed by atoms with Gasteiger partial charge in [-0.15, -0.1) is 0 Å². The van der Waals surface area contributed by atoms with Crippen LogP contribution in [0.3, 0.4) is 0 Å². The van der Waals surface area contributed by atoms with Crippen molar-refractivity contribution in [2.75, 3.05) is 6.61 Å². The van der Waals surface area contributed by atoms with Crippen molar-refractivity contribution in [3.63, 3.8) is 0 Å². The van der Waals surface area contributed by atoms with E-state index in [2.05, 4.69) is 11.6 Å². The third kappa shape index (κ3) is 4.35. The molecule has 0 radical (unpaired) electrons. The van der Waals surface area contributed by atoms with E-state index < -0.39 is 23.5 Å². The number of benzene rings is 2. The number of likely N-dealkylation sites (tertiary alicyclic amines) is 1. The number of amides is 1. The summed E-state index contributed by atoms with van der Waals surface area (Å²) < 4.78 is 11.4. The van der Waals surface area contributed by atoms with Crippen LogP contribution in [0.5, 0.6) is 11.5 Å². The van der Waals surface area contributed by atoms with Crippen molar-refractivity contribution in [1.82, 2.24) is 4.90 Å². The molecule has 1 N–H and O–H groups in total. The highest BCUT2D eigenvalue weighted by Gasteiger charge is 2.44. The molecule has 2 unspecified atom stereocenters. The second-order valence-corrected chi connectivity index (χ2v) is 8.95. The minimum atomic E-state index is -0.853. The molecule has 0 saturated carbocycles. The van der Waals surface area contributed by atoms with Gasteiger partial charge in [-0.05, 0) is 53.9 Å². The lowest BCUT2D eigenvalue weighted by molar-refractivity contribution is -0.378. The average Bonchev–Trinajstić information content (AvgIpc) is 3.39. The fourth-order valence-corrected chi connectivity index (χ4v) is 4.75. The molecule has 2 aliphatic rings. The summed E-state index contributed by atoms with van der Waals surface area (Å²) in [7, 11) is 0. The highest BCUT2D eigenvalue weighted by Crippen LogP contribution is 2.41. The van der Waals surface area contributed by atoms with Crippen LogP contribution in [0.2, 0.25) is 0 Å². The minimum Gasteiger partial charge on any atom is -0.872 e. The smallest absolute Gasteiger partial charge is 0.295 e. The zero-order valence-corrected chi connectivity index (χ0v) is 19.9. The maximum atomic E-state index is 13.8. The van der Waals surface area contributed by atoms with Gasteiger partial charge in [-0.2, -0.15) is 0 Å². The summed E-state index contributed by atoms with van der Waals surface area (Å²) in [5.41, 5.74) is 2.64. The zero-order valence-electron chi connectivity index (χ0n) is 19.9. The molecule has 7 heteroatoms. The molecule has 1 fully saturated rings. The fraction of sp³-hybridized carbons (Fsp3) is 0.207. The number of ether oxygens (including phenoxy) is 2. The molecule has 2 atom stereocenters. The molecule has 5 rings (SSSR count). The second-order valence-electron chi connectivity index (χ2n) is 8.95. The molecule has 1 aromatic heterocycles. The number of hydrogen-bond donors (Lipinski definition) is 0. The first-order chi connectivity index (χ1) is 17.5. The Balaban J connectivity index is 1.62. The van der Waals surface area contributed by atoms with Gasteiger partial charge in [-0.1, -0.05) is 36.6 Å². The number of pyridine rings is 1. The monoisotopic (exact) mass is 482 g/mol. The van der Waals surface area contributed by atoms with Gasteiger partial charge in [0.15, 0.2) is 12.4 Å². The minimum absolute atomic E-state index is 0.0249. The van der Waals surface area contributed by atoms with Crippen molar-refractivity contribution in [2.24, 2.45) is 0 Å². The number of nitrogens with zero attached hydrogens (tertiary/aromatic N) is 1. The Morgan fingerprint density at radius 3 is 2.86 bits per heavy atom. The Morgan fingerprint density at radius 1 is 1.22 bits per heavy atom. The number of aromatic amines is 1. The van der Waals surface area contributed by atoms with Crippen LogP contribution in [0.25, 0.3) is 5.76 Å². The largest absolute Gasteiger partial charge is 0.872 e. The number of carbonyl (C=O) groups excluding carboxylic acids is 2. The number of carbonyl (C=O) groups is 2. The quantitative estimate of drug-likeness (QED) is 0.223. The lowest BCUT2D eigenvalue weighted by Gasteiger charge is -2.27. The Labute approximate surface area is 209 Å². The average molecular weight is 483 g/mol. The summed E-state index contributed by atoms with van der Waals surface area (Å²) >= 11 is 0. The Kier molecular flexibility index (Phi) is 6.29. The van der Waals surface area contributed by atoms with Gasteiger partial charge in [0.2, 0.25) is 5.78 Å². The third-order valence-electron chi connectivity index (χ3n) is 6.35. The lowest BCUT2D eigenvalue weighted by atomic mass is 9.94. The third-order valence-corrected chi connectivity index (χ3v) is 6.35. The molecule has 0 bridgehead atoms. The maximum Gasteiger partial charge on any atom is 0.295 e. The molecule has 0 aliphatic carbocycles. The number of fused-ring (bicyclic) bond motifs is 1. The van der Waals surface area contributed by atoms with E-state index in [1.165, 1.54) is 4.90 Å². The molecule has 1 saturated heterocycles. The first-order valence-corrected chi connectivity index (χ1v) is 11.8. The molecular weight excluding hydrogens is 456 g/mol. The highest BCUT2D eigenvalue weighted by molar-refractivity contribution is 6.46. The van der Waals surface area contributed by atoms with E-state index in [4.69, 9.17) is 9.47 Å². The van der Waals surface area contributed by atoms with Gasteiger partial charge in [-0.25, -0.2) is 4.98 Å². The van der Waals surface area contributed by atoms with Crippen molar-refractivity contribution in [3.8, 4) is 11.5 Å². The maximum absolute atomic E-state index is 13.8. The standard InChI is InChI=1S/C29H26N2O5/c1-3-12-35-23-8-4-7-20(15-23)26-25(27(32)21-9-10-24-22(14-21)13-18(2)36-24)28(33)29(34)31(26)17-19-6-5-11-30-16-19/h3-11,14-16,18,26,32H,1,12-13,17H2,2H3. The Morgan fingerprint density at radius 2 is 2.08 bits per heavy atom. The molecule has 2 aliphatic heterocycles. The van der Waals surface area contributed by atoms with Gasteiger partial charge in [-0.3, -0.25) is 9.59 Å². The zero-order chi connectivity index (χ0) is 25.2. The molecule has 3 aromatic rings. The number of nitrogens with one attached hydrogen (secondary N) is 1. The normalized spacial score (nSPS) is 20.2. The van der Waals surface area contributed by atoms with E-state index in [0.717, 1.165) is 16.9 Å². The van der Waals surface area contributed by atoms with Crippen LogP contribution in [0, 0.1) is 0 Å². The van der Waals surface area contributed by atoms with Crippen LogP contribution < -0.4 is 19.6 Å². The summed E-state index contributed by atoms with van der Waals surface area (Å²) in [6.45, 7) is 6.10. The van der Waals surface area contributed by atoms with E-state index in [0.29, 0.717) is 29.9 Å². The number of H-pyrrole nitrogens is 1. The van der Waals surface area contributed by atoms with E-state index in [-0.39, 0.29) is 18.2 Å². The van der Waals surface area contributed by atoms with E-state index in [9.17, 15) is 14.7 Å². The SMILES string of the molecule is C=CCOc1cccc(C2C(=C([O-])c3ccc4c(c3)CC(C)O4)C(=O)C(=O)N2Cc2ccc[nH+]c2)c1. The van der Waals surface area contributed by atoms with Crippen LogP contribution in [0.1, 0.15) is 35.2 Å². The van der Waals surface area contributed by atoms with Crippen molar-refractivity contribution in [1.29, 1.82) is 0 Å².